The maximum atomic E-state index is 2.51. The van der Waals surface area contributed by atoms with Gasteiger partial charge in [-0.1, -0.05) is 257 Å². The molecule has 1 nitrogen and oxygen atoms in total. The van der Waals surface area contributed by atoms with Gasteiger partial charge in [0.2, 0.25) is 0 Å². The van der Waals surface area contributed by atoms with Gasteiger partial charge in [-0.3, -0.25) is 0 Å². The summed E-state index contributed by atoms with van der Waals surface area (Å²) in [7, 11) is 0. The van der Waals surface area contributed by atoms with Gasteiger partial charge in [-0.05, 0) is 125 Å². The summed E-state index contributed by atoms with van der Waals surface area (Å²) in [6.45, 7) is 4.75. The predicted molar refractivity (Wildman–Crippen MR) is 298 cm³/mol. The van der Waals surface area contributed by atoms with Crippen LogP contribution in [0.4, 0.5) is 17.1 Å². The maximum absolute atomic E-state index is 2.51. The van der Waals surface area contributed by atoms with Crippen molar-refractivity contribution in [2.24, 2.45) is 0 Å². The molecule has 1 heteroatoms. The molecule has 0 spiro atoms. The zero-order valence-electron chi connectivity index (χ0n) is 39.9. The number of nitrogens with zero attached hydrogens (tertiary/aromatic N) is 1. The highest BCUT2D eigenvalue weighted by Crippen LogP contribution is 2.58. The zero-order chi connectivity index (χ0) is 47.5. The van der Waals surface area contributed by atoms with Gasteiger partial charge in [0.1, 0.15) is 0 Å². The fraction of sp³-hybridized carbons (Fsp3) is 0.0571. The second-order valence-electron chi connectivity index (χ2n) is 19.5. The van der Waals surface area contributed by atoms with Crippen LogP contribution in [0.15, 0.2) is 273 Å². The third-order valence-electron chi connectivity index (χ3n) is 15.4. The number of hydrogen-bond donors (Lipinski definition) is 0. The molecule has 11 aromatic rings. The quantitative estimate of drug-likeness (QED) is 0.139. The standard InChI is InChI=1S/C70H51N/c1-69(2)63-38-19-17-32-58(63)61-37-21-36-57(68(61)69)50-41-43-53(44-42-50)71(66-40-22-35-56(49-25-9-4-10-26-49)67(66)60-34-16-15-31-55(60)48-23-7-3-8-24-48)54-45-46-65-62(47-54)59-33-18-20-39-64(59)70(65,51-27-11-5-12-28-51)52-29-13-6-14-30-52/h3-47H,1-2H3. The number of rotatable bonds is 9. The molecule has 11 aromatic carbocycles. The smallest absolute Gasteiger partial charge is 0.0713 e. The molecule has 2 aliphatic carbocycles. The van der Waals surface area contributed by atoms with Gasteiger partial charge in [-0.15, -0.1) is 0 Å². The molecule has 0 saturated heterocycles. The Morgan fingerprint density at radius 1 is 0.282 bits per heavy atom. The van der Waals surface area contributed by atoms with Crippen molar-refractivity contribution in [2.45, 2.75) is 24.7 Å². The van der Waals surface area contributed by atoms with Crippen molar-refractivity contribution in [1.82, 2.24) is 0 Å². The molecule has 336 valence electrons. The molecule has 13 rings (SSSR count). The number of hydrogen-bond acceptors (Lipinski definition) is 1. The molecule has 0 N–H and O–H groups in total. The average molecular weight is 906 g/mol. The van der Waals surface area contributed by atoms with Crippen LogP contribution in [-0.2, 0) is 10.8 Å². The Morgan fingerprint density at radius 2 is 0.718 bits per heavy atom. The van der Waals surface area contributed by atoms with Gasteiger partial charge in [-0.2, -0.15) is 0 Å². The van der Waals surface area contributed by atoms with Crippen LogP contribution in [-0.4, -0.2) is 0 Å². The van der Waals surface area contributed by atoms with Gasteiger partial charge in [0.15, 0.2) is 0 Å². The van der Waals surface area contributed by atoms with Gasteiger partial charge in [0.25, 0.3) is 0 Å². The van der Waals surface area contributed by atoms with Crippen LogP contribution in [0.25, 0.3) is 66.8 Å². The Kier molecular flexibility index (Phi) is 10.1. The van der Waals surface area contributed by atoms with E-state index in [1.54, 1.807) is 0 Å². The van der Waals surface area contributed by atoms with Gasteiger partial charge in [0.05, 0.1) is 11.1 Å². The van der Waals surface area contributed by atoms with E-state index in [9.17, 15) is 0 Å². The fourth-order valence-electron chi connectivity index (χ4n) is 12.3. The van der Waals surface area contributed by atoms with Crippen LogP contribution in [0, 0.1) is 0 Å². The van der Waals surface area contributed by atoms with Crippen molar-refractivity contribution in [1.29, 1.82) is 0 Å². The number of anilines is 3. The second-order valence-corrected chi connectivity index (χ2v) is 19.5. The molecular weight excluding hydrogens is 855 g/mol. The SMILES string of the molecule is CC1(C)c2ccccc2-c2cccc(-c3ccc(N(c4ccc5c(c4)-c4ccccc4C5(c4ccccc4)c4ccccc4)c4cccc(-c5ccccc5)c4-c4ccccc4-c4ccccc4)cc3)c21. The molecule has 71 heavy (non-hydrogen) atoms. The molecular formula is C70H51N. The van der Waals surface area contributed by atoms with E-state index < -0.39 is 5.41 Å². The largest absolute Gasteiger partial charge is 0.310 e. The maximum Gasteiger partial charge on any atom is 0.0713 e. The molecule has 0 saturated carbocycles. The minimum atomic E-state index is -0.504. The third-order valence-corrected chi connectivity index (χ3v) is 15.4. The highest BCUT2D eigenvalue weighted by Gasteiger charge is 2.46. The lowest BCUT2D eigenvalue weighted by molar-refractivity contribution is 0.662. The second kappa shape index (κ2) is 17.0. The molecule has 0 radical (unpaired) electrons. The first-order chi connectivity index (χ1) is 35.0. The minimum Gasteiger partial charge on any atom is -0.310 e. The van der Waals surface area contributed by atoms with Crippen LogP contribution in [0.2, 0.25) is 0 Å². The topological polar surface area (TPSA) is 3.24 Å². The van der Waals surface area contributed by atoms with Crippen molar-refractivity contribution in [2.75, 3.05) is 4.90 Å². The molecule has 0 amide bonds. The van der Waals surface area contributed by atoms with Gasteiger partial charge in [-0.25, -0.2) is 0 Å². The van der Waals surface area contributed by atoms with Crippen LogP contribution >= 0.6 is 0 Å². The lowest BCUT2D eigenvalue weighted by atomic mass is 9.68. The Hall–Kier alpha value is -8.78. The van der Waals surface area contributed by atoms with E-state index in [2.05, 4.69) is 292 Å². The van der Waals surface area contributed by atoms with Crippen molar-refractivity contribution in [3.05, 3.63) is 306 Å². The first kappa shape index (κ1) is 42.3. The molecule has 0 aromatic heterocycles. The first-order valence-corrected chi connectivity index (χ1v) is 24.8. The lowest BCUT2D eigenvalue weighted by Crippen LogP contribution is -2.28. The predicted octanol–water partition coefficient (Wildman–Crippen LogP) is 18.5. The fourth-order valence-corrected chi connectivity index (χ4v) is 12.3. The van der Waals surface area contributed by atoms with E-state index in [0.29, 0.717) is 0 Å². The number of benzene rings is 11. The minimum absolute atomic E-state index is 0.137. The van der Waals surface area contributed by atoms with E-state index in [1.165, 1.54) is 100 Å². The highest BCUT2D eigenvalue weighted by atomic mass is 15.1. The summed E-state index contributed by atoms with van der Waals surface area (Å²) in [4.78, 5) is 2.51. The molecule has 0 bridgehead atoms. The summed E-state index contributed by atoms with van der Waals surface area (Å²) in [6.07, 6.45) is 0. The van der Waals surface area contributed by atoms with Crippen LogP contribution in [0.3, 0.4) is 0 Å². The summed E-state index contributed by atoms with van der Waals surface area (Å²) in [6, 6.07) is 101. The summed E-state index contributed by atoms with van der Waals surface area (Å²) < 4.78 is 0. The Bertz CT molecular complexity index is 3720. The highest BCUT2D eigenvalue weighted by molar-refractivity contribution is 6.02. The van der Waals surface area contributed by atoms with E-state index in [-0.39, 0.29) is 5.41 Å². The lowest BCUT2D eigenvalue weighted by Gasteiger charge is -2.34. The first-order valence-electron chi connectivity index (χ1n) is 24.8. The van der Waals surface area contributed by atoms with E-state index >= 15 is 0 Å². The van der Waals surface area contributed by atoms with Gasteiger partial charge in [0, 0.05) is 22.4 Å². The Morgan fingerprint density at radius 3 is 1.37 bits per heavy atom. The summed E-state index contributed by atoms with van der Waals surface area (Å²) >= 11 is 0. The van der Waals surface area contributed by atoms with Gasteiger partial charge >= 0.3 is 0 Å². The Labute approximate surface area is 417 Å². The Balaban J connectivity index is 1.07. The van der Waals surface area contributed by atoms with Gasteiger partial charge < -0.3 is 4.90 Å². The molecule has 0 fully saturated rings. The summed E-state index contributed by atoms with van der Waals surface area (Å²) in [5.41, 5.74) is 25.2. The normalized spacial score (nSPS) is 13.4. The zero-order valence-corrected chi connectivity index (χ0v) is 39.9. The molecule has 0 unspecified atom stereocenters. The molecule has 0 heterocycles. The molecule has 2 aliphatic rings. The summed E-state index contributed by atoms with van der Waals surface area (Å²) in [5, 5.41) is 0. The van der Waals surface area contributed by atoms with E-state index in [4.69, 9.17) is 0 Å². The van der Waals surface area contributed by atoms with Crippen molar-refractivity contribution in [3.63, 3.8) is 0 Å². The van der Waals surface area contributed by atoms with E-state index in [1.807, 2.05) is 0 Å². The van der Waals surface area contributed by atoms with Crippen LogP contribution < -0.4 is 4.90 Å². The summed E-state index contributed by atoms with van der Waals surface area (Å²) in [5.74, 6) is 0. The monoisotopic (exact) mass is 905 g/mol. The van der Waals surface area contributed by atoms with E-state index in [0.717, 1.165) is 17.1 Å². The van der Waals surface area contributed by atoms with Crippen molar-refractivity contribution < 1.29 is 0 Å². The average Bonchev–Trinajstić information content (AvgIpc) is 3.88. The van der Waals surface area contributed by atoms with Crippen LogP contribution in [0.5, 0.6) is 0 Å². The van der Waals surface area contributed by atoms with Crippen molar-refractivity contribution >= 4 is 17.1 Å². The third kappa shape index (κ3) is 6.68. The number of fused-ring (bicyclic) bond motifs is 6. The molecule has 0 atom stereocenters. The van der Waals surface area contributed by atoms with Crippen molar-refractivity contribution in [3.8, 4) is 66.8 Å². The van der Waals surface area contributed by atoms with Crippen LogP contribution in [0.1, 0.15) is 47.2 Å². The molecule has 0 aliphatic heterocycles.